The summed E-state index contributed by atoms with van der Waals surface area (Å²) in [5, 5.41) is 2.83. The molecule has 0 saturated carbocycles. The Morgan fingerprint density at radius 2 is 1.77 bits per heavy atom. The van der Waals surface area contributed by atoms with Crippen molar-refractivity contribution >= 4 is 27.3 Å². The van der Waals surface area contributed by atoms with Gasteiger partial charge in [0.2, 0.25) is 0 Å². The molecular weight excluding hydrogens is 412 g/mol. The van der Waals surface area contributed by atoms with Gasteiger partial charge in [0, 0.05) is 11.3 Å². The smallest absolute Gasteiger partial charge is 0.264 e. The van der Waals surface area contributed by atoms with E-state index in [0.29, 0.717) is 17.1 Å². The Hall–Kier alpha value is -3.58. The zero-order chi connectivity index (χ0) is 22.4. The molecule has 0 aromatic heterocycles. The van der Waals surface area contributed by atoms with Crippen molar-refractivity contribution in [2.45, 2.75) is 11.8 Å². The zero-order valence-electron chi connectivity index (χ0n) is 17.4. The Labute approximate surface area is 182 Å². The van der Waals surface area contributed by atoms with E-state index in [9.17, 15) is 13.2 Å². The number of ether oxygens (including phenoxy) is 1. The molecule has 160 valence electrons. The molecule has 1 amide bonds. The molecule has 0 unspecified atom stereocenters. The van der Waals surface area contributed by atoms with Gasteiger partial charge in [-0.05, 0) is 48.9 Å². The molecule has 1 N–H and O–H groups in total. The summed E-state index contributed by atoms with van der Waals surface area (Å²) in [6.45, 7) is 5.61. The minimum atomic E-state index is -3.98. The Bertz CT molecular complexity index is 1210. The van der Waals surface area contributed by atoms with Gasteiger partial charge in [-0.25, -0.2) is 8.42 Å². The third-order valence-corrected chi connectivity index (χ3v) is 6.50. The SMILES string of the molecule is C=CCN(c1ccccc1OC)S(=O)(=O)c1cccc(C(=O)Nc2ccccc2C)c1. The first-order valence-corrected chi connectivity index (χ1v) is 11.1. The summed E-state index contributed by atoms with van der Waals surface area (Å²) in [4.78, 5) is 12.8. The number of amides is 1. The van der Waals surface area contributed by atoms with Crippen molar-refractivity contribution in [2.75, 3.05) is 23.3 Å². The van der Waals surface area contributed by atoms with Crippen LogP contribution in [0.25, 0.3) is 0 Å². The van der Waals surface area contributed by atoms with Crippen LogP contribution in [0.3, 0.4) is 0 Å². The Morgan fingerprint density at radius 1 is 1.06 bits per heavy atom. The van der Waals surface area contributed by atoms with Crippen molar-refractivity contribution in [1.29, 1.82) is 0 Å². The van der Waals surface area contributed by atoms with Crippen LogP contribution in [0.5, 0.6) is 5.75 Å². The van der Waals surface area contributed by atoms with Crippen molar-refractivity contribution in [2.24, 2.45) is 0 Å². The third-order valence-electron chi connectivity index (χ3n) is 4.73. The fraction of sp³-hybridized carbons (Fsp3) is 0.125. The normalized spacial score (nSPS) is 10.9. The molecule has 0 bridgehead atoms. The lowest BCUT2D eigenvalue weighted by Crippen LogP contribution is -2.31. The van der Waals surface area contributed by atoms with E-state index < -0.39 is 10.0 Å². The molecule has 7 heteroatoms. The number of benzene rings is 3. The van der Waals surface area contributed by atoms with Crippen molar-refractivity contribution in [3.05, 3.63) is 96.6 Å². The van der Waals surface area contributed by atoms with Crippen LogP contribution in [0.2, 0.25) is 0 Å². The predicted octanol–water partition coefficient (Wildman–Crippen LogP) is 4.64. The monoisotopic (exact) mass is 436 g/mol. The Balaban J connectivity index is 1.98. The molecule has 3 rings (SSSR count). The largest absolute Gasteiger partial charge is 0.495 e. The number of methoxy groups -OCH3 is 1. The molecule has 3 aromatic rings. The van der Waals surface area contributed by atoms with E-state index in [1.165, 1.54) is 29.6 Å². The summed E-state index contributed by atoms with van der Waals surface area (Å²) in [7, 11) is -2.50. The number of para-hydroxylation sites is 3. The number of carbonyl (C=O) groups excluding carboxylic acids is 1. The summed E-state index contributed by atoms with van der Waals surface area (Å²) in [6.07, 6.45) is 1.50. The molecular formula is C24H24N2O4S. The summed E-state index contributed by atoms with van der Waals surface area (Å²) < 4.78 is 33.5. The Morgan fingerprint density at radius 3 is 2.48 bits per heavy atom. The second-order valence-electron chi connectivity index (χ2n) is 6.79. The van der Waals surface area contributed by atoms with Gasteiger partial charge in [-0.15, -0.1) is 6.58 Å². The quantitative estimate of drug-likeness (QED) is 0.522. The topological polar surface area (TPSA) is 75.7 Å². The average molecular weight is 437 g/mol. The number of anilines is 2. The van der Waals surface area contributed by atoms with Gasteiger partial charge in [-0.2, -0.15) is 0 Å². The second kappa shape index (κ2) is 9.49. The number of carbonyl (C=O) groups is 1. The summed E-state index contributed by atoms with van der Waals surface area (Å²) in [6, 6.07) is 20.2. The number of hydrogen-bond acceptors (Lipinski definition) is 4. The van der Waals surface area contributed by atoms with E-state index in [1.54, 1.807) is 42.5 Å². The van der Waals surface area contributed by atoms with Gasteiger partial charge in [0.25, 0.3) is 15.9 Å². The predicted molar refractivity (Wildman–Crippen MR) is 123 cm³/mol. The van der Waals surface area contributed by atoms with Crippen molar-refractivity contribution < 1.29 is 17.9 Å². The molecule has 0 spiro atoms. The molecule has 0 aliphatic heterocycles. The van der Waals surface area contributed by atoms with Crippen LogP contribution in [-0.4, -0.2) is 28.0 Å². The minimum Gasteiger partial charge on any atom is -0.495 e. The first-order valence-electron chi connectivity index (χ1n) is 9.62. The van der Waals surface area contributed by atoms with Crippen LogP contribution >= 0.6 is 0 Å². The lowest BCUT2D eigenvalue weighted by molar-refractivity contribution is 0.102. The molecule has 0 radical (unpaired) electrons. The van der Waals surface area contributed by atoms with Crippen molar-refractivity contribution in [3.63, 3.8) is 0 Å². The average Bonchev–Trinajstić information content (AvgIpc) is 2.79. The molecule has 3 aromatic carbocycles. The molecule has 0 aliphatic rings. The van der Waals surface area contributed by atoms with Gasteiger partial charge >= 0.3 is 0 Å². The lowest BCUT2D eigenvalue weighted by atomic mass is 10.1. The number of sulfonamides is 1. The van der Waals surface area contributed by atoms with E-state index in [1.807, 2.05) is 25.1 Å². The highest BCUT2D eigenvalue weighted by atomic mass is 32.2. The highest BCUT2D eigenvalue weighted by molar-refractivity contribution is 7.92. The van der Waals surface area contributed by atoms with Crippen LogP contribution in [0, 0.1) is 6.92 Å². The first kappa shape index (κ1) is 22.1. The van der Waals surface area contributed by atoms with Gasteiger partial charge in [0.15, 0.2) is 0 Å². The molecule has 0 atom stereocenters. The molecule has 6 nitrogen and oxygen atoms in total. The maximum Gasteiger partial charge on any atom is 0.264 e. The fourth-order valence-electron chi connectivity index (χ4n) is 3.11. The highest BCUT2D eigenvalue weighted by Crippen LogP contribution is 2.32. The van der Waals surface area contributed by atoms with E-state index in [2.05, 4.69) is 11.9 Å². The van der Waals surface area contributed by atoms with Gasteiger partial charge in [-0.3, -0.25) is 9.10 Å². The number of rotatable bonds is 8. The zero-order valence-corrected chi connectivity index (χ0v) is 18.2. The van der Waals surface area contributed by atoms with Crippen LogP contribution in [0.15, 0.2) is 90.3 Å². The van der Waals surface area contributed by atoms with E-state index in [4.69, 9.17) is 4.74 Å². The van der Waals surface area contributed by atoms with E-state index in [0.717, 1.165) is 5.56 Å². The maximum atomic E-state index is 13.5. The number of nitrogens with zero attached hydrogens (tertiary/aromatic N) is 1. The molecule has 0 fully saturated rings. The summed E-state index contributed by atoms with van der Waals surface area (Å²) in [5.41, 5.74) is 2.21. The van der Waals surface area contributed by atoms with E-state index in [-0.39, 0.29) is 22.9 Å². The first-order chi connectivity index (χ1) is 14.9. The number of hydrogen-bond donors (Lipinski definition) is 1. The molecule has 31 heavy (non-hydrogen) atoms. The van der Waals surface area contributed by atoms with Crippen LogP contribution < -0.4 is 14.4 Å². The number of nitrogens with one attached hydrogen (secondary N) is 1. The van der Waals surface area contributed by atoms with Gasteiger partial charge in [-0.1, -0.05) is 42.5 Å². The highest BCUT2D eigenvalue weighted by Gasteiger charge is 2.27. The van der Waals surface area contributed by atoms with Crippen LogP contribution in [0.4, 0.5) is 11.4 Å². The summed E-state index contributed by atoms with van der Waals surface area (Å²) in [5.74, 6) is 0.0280. The molecule has 0 saturated heterocycles. The third kappa shape index (κ3) is 4.78. The minimum absolute atomic E-state index is 0.00214. The van der Waals surface area contributed by atoms with Crippen LogP contribution in [-0.2, 0) is 10.0 Å². The fourth-order valence-corrected chi connectivity index (χ4v) is 4.60. The second-order valence-corrected chi connectivity index (χ2v) is 8.66. The van der Waals surface area contributed by atoms with E-state index >= 15 is 0 Å². The summed E-state index contributed by atoms with van der Waals surface area (Å²) >= 11 is 0. The standard InChI is InChI=1S/C24H24N2O4S/c1-4-16-26(22-14-7-8-15-23(22)30-3)31(28,29)20-12-9-11-19(17-20)24(27)25-21-13-6-5-10-18(21)2/h4-15,17H,1,16H2,2-3H3,(H,25,27). The van der Waals surface area contributed by atoms with Crippen LogP contribution in [0.1, 0.15) is 15.9 Å². The lowest BCUT2D eigenvalue weighted by Gasteiger charge is -2.25. The Kier molecular flexibility index (Phi) is 6.77. The van der Waals surface area contributed by atoms with Crippen molar-refractivity contribution in [3.8, 4) is 5.75 Å². The van der Waals surface area contributed by atoms with Gasteiger partial charge in [0.05, 0.1) is 24.2 Å². The number of aryl methyl sites for hydroxylation is 1. The molecule has 0 heterocycles. The van der Waals surface area contributed by atoms with Gasteiger partial charge in [0.1, 0.15) is 5.75 Å². The van der Waals surface area contributed by atoms with Crippen molar-refractivity contribution in [1.82, 2.24) is 0 Å². The van der Waals surface area contributed by atoms with Gasteiger partial charge < -0.3 is 10.1 Å². The maximum absolute atomic E-state index is 13.5. The molecule has 0 aliphatic carbocycles.